The van der Waals surface area contributed by atoms with Crippen LogP contribution in [0, 0.1) is 0 Å². The molecule has 0 aliphatic rings. The van der Waals surface area contributed by atoms with Crippen LogP contribution in [0.2, 0.25) is 0 Å². The largest absolute Gasteiger partial charge is 0.528 e. The van der Waals surface area contributed by atoms with Crippen LogP contribution in [0.15, 0.2) is 12.3 Å². The van der Waals surface area contributed by atoms with Gasteiger partial charge in [-0.1, -0.05) is 0 Å². The first kappa shape index (κ1) is 12.2. The van der Waals surface area contributed by atoms with Crippen molar-refractivity contribution in [3.63, 3.8) is 0 Å². The van der Waals surface area contributed by atoms with Crippen molar-refractivity contribution in [2.24, 2.45) is 0 Å². The second-order valence-corrected chi connectivity index (χ2v) is 3.67. The fourth-order valence-corrected chi connectivity index (χ4v) is 0.942. The van der Waals surface area contributed by atoms with Gasteiger partial charge in [0.2, 0.25) is 5.91 Å². The highest BCUT2D eigenvalue weighted by Gasteiger charge is 2.21. The van der Waals surface area contributed by atoms with E-state index in [1.807, 2.05) is 0 Å². The van der Waals surface area contributed by atoms with Crippen molar-refractivity contribution in [2.75, 3.05) is 21.3 Å². The van der Waals surface area contributed by atoms with E-state index in [-0.39, 0.29) is 5.91 Å². The highest BCUT2D eigenvalue weighted by atomic mass is 31.2. The third-order valence-corrected chi connectivity index (χ3v) is 2.38. The number of carbonyl (C=O) groups excluding carboxylic acids is 1. The Bertz CT molecular complexity index is 231. The molecule has 1 amide bonds. The van der Waals surface area contributed by atoms with Crippen LogP contribution in [0.3, 0.4) is 0 Å². The Balaban J connectivity index is 4.07. The van der Waals surface area contributed by atoms with Gasteiger partial charge in [0.05, 0.1) is 0 Å². The second-order valence-electron chi connectivity index (χ2n) is 1.83. The van der Waals surface area contributed by atoms with Gasteiger partial charge in [0.15, 0.2) is 0 Å². The van der Waals surface area contributed by atoms with Crippen LogP contribution in [0.25, 0.3) is 0 Å². The summed E-state index contributed by atoms with van der Waals surface area (Å²) in [5.74, 6) is -0.376. The predicted octanol–water partition coefficient (Wildman–Crippen LogP) is 0.664. The van der Waals surface area contributed by atoms with E-state index in [2.05, 4.69) is 18.9 Å². The van der Waals surface area contributed by atoms with E-state index in [4.69, 9.17) is 0 Å². The van der Waals surface area contributed by atoms with Crippen LogP contribution >= 0.6 is 7.82 Å². The molecule has 0 aromatic rings. The molecule has 0 bridgehead atoms. The van der Waals surface area contributed by atoms with E-state index in [1.54, 1.807) is 0 Å². The van der Waals surface area contributed by atoms with Crippen LogP contribution in [-0.2, 0) is 22.9 Å². The van der Waals surface area contributed by atoms with Crippen molar-refractivity contribution in [1.82, 2.24) is 5.32 Å². The van der Waals surface area contributed by atoms with E-state index in [1.165, 1.54) is 21.3 Å². The Kier molecular flexibility index (Phi) is 5.37. The molecule has 0 heterocycles. The van der Waals surface area contributed by atoms with E-state index in [0.29, 0.717) is 0 Å². The molecule has 0 saturated heterocycles. The average molecular weight is 209 g/mol. The molecule has 0 saturated carbocycles. The lowest BCUT2D eigenvalue weighted by atomic mass is 10.6. The molecule has 0 radical (unpaired) electrons. The second kappa shape index (κ2) is 5.75. The number of nitrogens with one attached hydrogen (secondary N) is 1. The van der Waals surface area contributed by atoms with Crippen LogP contribution in [0.1, 0.15) is 0 Å². The Hall–Kier alpha value is -0.840. The smallest absolute Gasteiger partial charge is 0.412 e. The summed E-state index contributed by atoms with van der Waals surface area (Å²) in [6, 6.07) is 0. The average Bonchev–Trinajstić information content (AvgIpc) is 2.17. The van der Waals surface area contributed by atoms with Crippen LogP contribution in [0.5, 0.6) is 0 Å². The van der Waals surface area contributed by atoms with Crippen molar-refractivity contribution >= 4 is 13.7 Å². The van der Waals surface area contributed by atoms with Crippen molar-refractivity contribution in [3.8, 4) is 0 Å². The molecule has 0 aliphatic carbocycles. The topological polar surface area (TPSA) is 73.9 Å². The Morgan fingerprint density at radius 1 is 1.38 bits per heavy atom. The van der Waals surface area contributed by atoms with Crippen LogP contribution in [-0.4, -0.2) is 27.2 Å². The molecule has 0 spiro atoms. The van der Waals surface area contributed by atoms with Gasteiger partial charge in [-0.15, -0.1) is 0 Å². The Morgan fingerprint density at radius 3 is 2.31 bits per heavy atom. The predicted molar refractivity (Wildman–Crippen MR) is 45.9 cm³/mol. The maximum absolute atomic E-state index is 11.2. The maximum atomic E-state index is 11.2. The van der Waals surface area contributed by atoms with Gasteiger partial charge in [-0.2, -0.15) is 0 Å². The number of phosphoric ester groups is 1. The molecule has 0 unspecified atom stereocenters. The lowest BCUT2D eigenvalue weighted by Gasteiger charge is -2.10. The molecule has 6 nitrogen and oxygen atoms in total. The third-order valence-electron chi connectivity index (χ3n) is 1.10. The zero-order valence-corrected chi connectivity index (χ0v) is 8.54. The fraction of sp³-hybridized carbons (Fsp3) is 0.500. The molecular formula is C6H12NO5P. The van der Waals surface area contributed by atoms with Gasteiger partial charge in [-0.25, -0.2) is 4.57 Å². The molecule has 0 atom stereocenters. The minimum Gasteiger partial charge on any atom is -0.412 e. The normalized spacial score (nSPS) is 11.6. The maximum Gasteiger partial charge on any atom is 0.528 e. The van der Waals surface area contributed by atoms with Gasteiger partial charge in [-0.05, 0) is 0 Å². The lowest BCUT2D eigenvalue weighted by molar-refractivity contribution is -0.116. The zero-order valence-electron chi connectivity index (χ0n) is 7.64. The first-order chi connectivity index (χ1) is 6.08. The van der Waals surface area contributed by atoms with Crippen LogP contribution in [0.4, 0.5) is 0 Å². The first-order valence-electron chi connectivity index (χ1n) is 3.36. The van der Waals surface area contributed by atoms with Crippen LogP contribution < -0.4 is 5.32 Å². The number of rotatable bonds is 5. The summed E-state index contributed by atoms with van der Waals surface area (Å²) < 4.78 is 24.6. The van der Waals surface area contributed by atoms with E-state index < -0.39 is 7.82 Å². The summed E-state index contributed by atoms with van der Waals surface area (Å²) in [5, 5.41) is 2.31. The van der Waals surface area contributed by atoms with Gasteiger partial charge in [-0.3, -0.25) is 13.8 Å². The van der Waals surface area contributed by atoms with Crippen molar-refractivity contribution in [2.45, 2.75) is 0 Å². The number of phosphoric acid groups is 1. The molecule has 7 heteroatoms. The molecular weight excluding hydrogens is 197 g/mol. The van der Waals surface area contributed by atoms with Gasteiger partial charge in [0, 0.05) is 27.3 Å². The molecule has 76 valence electrons. The standard InChI is InChI=1S/C6H12NO5P/c1-7-6(8)4-5-12-13(9,10-2)11-3/h4-5H,1-3H3,(H,7,8)/b5-4+. The molecule has 0 aliphatic heterocycles. The summed E-state index contributed by atoms with van der Waals surface area (Å²) >= 11 is 0. The van der Waals surface area contributed by atoms with Gasteiger partial charge in [0.1, 0.15) is 6.26 Å². The summed E-state index contributed by atoms with van der Waals surface area (Å²) in [5.41, 5.74) is 0. The van der Waals surface area contributed by atoms with Crippen molar-refractivity contribution in [3.05, 3.63) is 12.3 Å². The monoisotopic (exact) mass is 209 g/mol. The summed E-state index contributed by atoms with van der Waals surface area (Å²) in [7, 11) is 0.300. The molecule has 0 aromatic carbocycles. The summed E-state index contributed by atoms with van der Waals surface area (Å²) in [6.45, 7) is 0. The Morgan fingerprint density at radius 2 is 1.92 bits per heavy atom. The summed E-state index contributed by atoms with van der Waals surface area (Å²) in [6.07, 6.45) is 2.01. The van der Waals surface area contributed by atoms with Crippen molar-refractivity contribution < 1.29 is 22.9 Å². The Labute approximate surface area is 76.5 Å². The molecule has 1 N–H and O–H groups in total. The van der Waals surface area contributed by atoms with Gasteiger partial charge >= 0.3 is 7.82 Å². The quantitative estimate of drug-likeness (QED) is 0.409. The number of likely N-dealkylation sites (N-methyl/N-ethyl adjacent to an activating group) is 1. The van der Waals surface area contributed by atoms with Gasteiger partial charge in [0.25, 0.3) is 0 Å². The fourth-order valence-electron chi connectivity index (χ4n) is 0.411. The number of hydrogen-bond acceptors (Lipinski definition) is 5. The van der Waals surface area contributed by atoms with Crippen molar-refractivity contribution in [1.29, 1.82) is 0 Å². The van der Waals surface area contributed by atoms with Gasteiger partial charge < -0.3 is 9.84 Å². The number of hydrogen-bond donors (Lipinski definition) is 1. The zero-order chi connectivity index (χ0) is 10.3. The van der Waals surface area contributed by atoms with E-state index >= 15 is 0 Å². The van der Waals surface area contributed by atoms with E-state index in [0.717, 1.165) is 12.3 Å². The third kappa shape index (κ3) is 4.67. The SMILES string of the molecule is CNC(=O)/C=C/OP(=O)(OC)OC. The highest BCUT2D eigenvalue weighted by molar-refractivity contribution is 7.48. The minimum absolute atomic E-state index is 0.376. The number of amides is 1. The van der Waals surface area contributed by atoms with E-state index in [9.17, 15) is 9.36 Å². The molecule has 0 aromatic heterocycles. The molecule has 0 fully saturated rings. The summed E-state index contributed by atoms with van der Waals surface area (Å²) in [4.78, 5) is 10.6. The lowest BCUT2D eigenvalue weighted by Crippen LogP contribution is -2.14. The molecule has 13 heavy (non-hydrogen) atoms. The first-order valence-corrected chi connectivity index (χ1v) is 4.82. The molecule has 0 rings (SSSR count). The highest BCUT2D eigenvalue weighted by Crippen LogP contribution is 2.47. The number of carbonyl (C=O) groups is 1. The minimum atomic E-state index is -3.51.